The molecule has 0 bridgehead atoms. The fraction of sp³-hybridized carbons (Fsp3) is 0.118. The third-order valence-corrected chi connectivity index (χ3v) is 3.24. The van der Waals surface area contributed by atoms with Gasteiger partial charge in [-0.2, -0.15) is 13.2 Å². The van der Waals surface area contributed by atoms with Gasteiger partial charge in [0, 0.05) is 5.56 Å². The summed E-state index contributed by atoms with van der Waals surface area (Å²) in [4.78, 5) is 11.4. The standard InChI is InChI=1S/C17H12F4O2/c18-15-8-4-1-5-11(15)9-10-13(16(22)23)12-6-2-3-7-14(12)17(19,20)21/h1-10,13H,(H,22,23)/b10-9+. The highest BCUT2D eigenvalue weighted by Crippen LogP contribution is 2.36. The maximum atomic E-state index is 13.5. The zero-order valence-corrected chi connectivity index (χ0v) is 11.7. The highest BCUT2D eigenvalue weighted by molar-refractivity contribution is 5.80. The van der Waals surface area contributed by atoms with Gasteiger partial charge in [0.15, 0.2) is 0 Å². The van der Waals surface area contributed by atoms with Gasteiger partial charge >= 0.3 is 12.1 Å². The fourth-order valence-corrected chi connectivity index (χ4v) is 2.16. The lowest BCUT2D eigenvalue weighted by Crippen LogP contribution is -2.16. The monoisotopic (exact) mass is 324 g/mol. The van der Waals surface area contributed by atoms with Gasteiger partial charge in [-0.1, -0.05) is 48.6 Å². The van der Waals surface area contributed by atoms with Crippen LogP contribution in [0, 0.1) is 5.82 Å². The highest BCUT2D eigenvalue weighted by Gasteiger charge is 2.36. The number of hydrogen-bond donors (Lipinski definition) is 1. The van der Waals surface area contributed by atoms with E-state index in [2.05, 4.69) is 0 Å². The van der Waals surface area contributed by atoms with E-state index >= 15 is 0 Å². The molecule has 1 N–H and O–H groups in total. The summed E-state index contributed by atoms with van der Waals surface area (Å²) in [6, 6.07) is 10.0. The second-order valence-corrected chi connectivity index (χ2v) is 4.78. The molecular weight excluding hydrogens is 312 g/mol. The number of rotatable bonds is 4. The van der Waals surface area contributed by atoms with Crippen molar-refractivity contribution in [3.8, 4) is 0 Å². The van der Waals surface area contributed by atoms with Crippen LogP contribution in [0.2, 0.25) is 0 Å². The molecule has 2 aromatic carbocycles. The van der Waals surface area contributed by atoms with Crippen LogP contribution in [0.25, 0.3) is 6.08 Å². The maximum absolute atomic E-state index is 13.5. The van der Waals surface area contributed by atoms with Crippen molar-refractivity contribution in [1.29, 1.82) is 0 Å². The Morgan fingerprint density at radius 2 is 1.65 bits per heavy atom. The molecule has 0 saturated carbocycles. The molecule has 120 valence electrons. The minimum Gasteiger partial charge on any atom is -0.481 e. The Kier molecular flexibility index (Phi) is 4.83. The third kappa shape index (κ3) is 3.97. The van der Waals surface area contributed by atoms with Crippen LogP contribution in [0.3, 0.4) is 0 Å². The predicted octanol–water partition coefficient (Wildman–Crippen LogP) is 4.73. The zero-order valence-electron chi connectivity index (χ0n) is 11.7. The molecule has 6 heteroatoms. The van der Waals surface area contributed by atoms with Crippen LogP contribution in [0.1, 0.15) is 22.6 Å². The number of benzene rings is 2. The molecule has 0 fully saturated rings. The minimum atomic E-state index is -4.67. The van der Waals surface area contributed by atoms with Gasteiger partial charge in [0.25, 0.3) is 0 Å². The first-order chi connectivity index (χ1) is 10.8. The molecule has 0 aliphatic rings. The van der Waals surface area contributed by atoms with E-state index in [0.29, 0.717) is 0 Å². The van der Waals surface area contributed by atoms with E-state index in [0.717, 1.165) is 18.2 Å². The molecule has 0 aliphatic heterocycles. The quantitative estimate of drug-likeness (QED) is 0.826. The first kappa shape index (κ1) is 16.7. The first-order valence-electron chi connectivity index (χ1n) is 6.62. The van der Waals surface area contributed by atoms with E-state index < -0.39 is 29.4 Å². The number of halogens is 4. The van der Waals surface area contributed by atoms with Crippen molar-refractivity contribution in [1.82, 2.24) is 0 Å². The summed E-state index contributed by atoms with van der Waals surface area (Å²) in [7, 11) is 0. The Morgan fingerprint density at radius 1 is 1.04 bits per heavy atom. The largest absolute Gasteiger partial charge is 0.481 e. The van der Waals surface area contributed by atoms with Gasteiger partial charge in [0.1, 0.15) is 11.7 Å². The molecule has 1 atom stereocenters. The second kappa shape index (κ2) is 6.64. The van der Waals surface area contributed by atoms with E-state index in [1.54, 1.807) is 6.07 Å². The molecule has 0 amide bonds. The second-order valence-electron chi connectivity index (χ2n) is 4.78. The van der Waals surface area contributed by atoms with Crippen molar-refractivity contribution in [2.24, 2.45) is 0 Å². The fourth-order valence-electron chi connectivity index (χ4n) is 2.16. The van der Waals surface area contributed by atoms with E-state index in [-0.39, 0.29) is 11.1 Å². The minimum absolute atomic E-state index is 0.100. The lowest BCUT2D eigenvalue weighted by molar-refractivity contribution is -0.140. The Hall–Kier alpha value is -2.63. The van der Waals surface area contributed by atoms with Crippen LogP contribution in [0.5, 0.6) is 0 Å². The predicted molar refractivity (Wildman–Crippen MR) is 77.3 cm³/mol. The van der Waals surface area contributed by atoms with Gasteiger partial charge in [-0.15, -0.1) is 0 Å². The number of carboxylic acid groups (broad SMARTS) is 1. The zero-order chi connectivity index (χ0) is 17.0. The molecule has 0 heterocycles. The van der Waals surface area contributed by atoms with Crippen LogP contribution in [0.4, 0.5) is 17.6 Å². The van der Waals surface area contributed by atoms with Crippen LogP contribution in [-0.2, 0) is 11.0 Å². The van der Waals surface area contributed by atoms with E-state index in [4.69, 9.17) is 0 Å². The van der Waals surface area contributed by atoms with Crippen molar-refractivity contribution < 1.29 is 27.5 Å². The van der Waals surface area contributed by atoms with E-state index in [9.17, 15) is 27.5 Å². The Balaban J connectivity index is 2.45. The summed E-state index contributed by atoms with van der Waals surface area (Å²) in [6.07, 6.45) is -2.46. The number of hydrogen-bond acceptors (Lipinski definition) is 1. The average Bonchev–Trinajstić information content (AvgIpc) is 2.48. The number of alkyl halides is 3. The summed E-state index contributed by atoms with van der Waals surface area (Å²) in [6.45, 7) is 0. The summed E-state index contributed by atoms with van der Waals surface area (Å²) >= 11 is 0. The third-order valence-electron chi connectivity index (χ3n) is 3.24. The normalized spacial score (nSPS) is 13.2. The lowest BCUT2D eigenvalue weighted by Gasteiger charge is -2.16. The topological polar surface area (TPSA) is 37.3 Å². The average molecular weight is 324 g/mol. The van der Waals surface area contributed by atoms with Gasteiger partial charge in [-0.05, 0) is 17.7 Å². The Bertz CT molecular complexity index is 735. The molecule has 0 saturated heterocycles. The van der Waals surface area contributed by atoms with Gasteiger partial charge < -0.3 is 5.11 Å². The van der Waals surface area contributed by atoms with Gasteiger partial charge in [0.05, 0.1) is 5.56 Å². The molecule has 1 unspecified atom stereocenters. The van der Waals surface area contributed by atoms with Crippen LogP contribution < -0.4 is 0 Å². The molecule has 2 aromatic rings. The van der Waals surface area contributed by atoms with Crippen LogP contribution >= 0.6 is 0 Å². The number of aliphatic carboxylic acids is 1. The Labute approximate surface area is 129 Å². The molecule has 0 aromatic heterocycles. The summed E-state index contributed by atoms with van der Waals surface area (Å²) in [5.41, 5.74) is -1.31. The molecule has 0 spiro atoms. The summed E-state index contributed by atoms with van der Waals surface area (Å²) < 4.78 is 52.6. The van der Waals surface area contributed by atoms with Crippen molar-refractivity contribution in [3.05, 3.63) is 77.1 Å². The number of carbonyl (C=O) groups is 1. The molecule has 2 rings (SSSR count). The molecule has 0 aliphatic carbocycles. The molecular formula is C17H12F4O2. The first-order valence-corrected chi connectivity index (χ1v) is 6.62. The van der Waals surface area contributed by atoms with Gasteiger partial charge in [-0.25, -0.2) is 4.39 Å². The summed E-state index contributed by atoms with van der Waals surface area (Å²) in [5, 5.41) is 9.25. The summed E-state index contributed by atoms with van der Waals surface area (Å²) in [5.74, 6) is -3.57. The number of carboxylic acids is 1. The van der Waals surface area contributed by atoms with Crippen LogP contribution in [-0.4, -0.2) is 11.1 Å². The van der Waals surface area contributed by atoms with Crippen molar-refractivity contribution in [2.45, 2.75) is 12.1 Å². The van der Waals surface area contributed by atoms with E-state index in [1.807, 2.05) is 0 Å². The molecule has 2 nitrogen and oxygen atoms in total. The SMILES string of the molecule is O=C(O)C(/C=C/c1ccccc1F)c1ccccc1C(F)(F)F. The molecule has 0 radical (unpaired) electrons. The maximum Gasteiger partial charge on any atom is 0.416 e. The van der Waals surface area contributed by atoms with Crippen LogP contribution in [0.15, 0.2) is 54.6 Å². The van der Waals surface area contributed by atoms with E-state index in [1.165, 1.54) is 36.4 Å². The van der Waals surface area contributed by atoms with Crippen molar-refractivity contribution >= 4 is 12.0 Å². The van der Waals surface area contributed by atoms with Gasteiger partial charge in [-0.3, -0.25) is 4.79 Å². The van der Waals surface area contributed by atoms with Crippen molar-refractivity contribution in [2.75, 3.05) is 0 Å². The van der Waals surface area contributed by atoms with Crippen molar-refractivity contribution in [3.63, 3.8) is 0 Å². The molecule has 23 heavy (non-hydrogen) atoms. The smallest absolute Gasteiger partial charge is 0.416 e. The Morgan fingerprint density at radius 3 is 2.26 bits per heavy atom. The van der Waals surface area contributed by atoms with Gasteiger partial charge in [0.2, 0.25) is 0 Å². The lowest BCUT2D eigenvalue weighted by atomic mass is 9.93. The highest BCUT2D eigenvalue weighted by atomic mass is 19.4.